The average molecular weight is 379 g/mol. The molecule has 2 aromatic heterocycles. The maximum Gasteiger partial charge on any atom is 0.415 e. The summed E-state index contributed by atoms with van der Waals surface area (Å²) in [7, 11) is 0. The van der Waals surface area contributed by atoms with Gasteiger partial charge in [0.1, 0.15) is 0 Å². The normalized spacial score (nSPS) is 14.4. The number of piperazine rings is 1. The van der Waals surface area contributed by atoms with Crippen molar-refractivity contribution < 1.29 is 14.3 Å². The summed E-state index contributed by atoms with van der Waals surface area (Å²) in [5, 5.41) is 0. The van der Waals surface area contributed by atoms with Gasteiger partial charge in [0, 0.05) is 31.9 Å². The Kier molecular flexibility index (Phi) is 4.68. The molecule has 8 nitrogen and oxygen atoms in total. The third kappa shape index (κ3) is 3.53. The number of carbonyl (C=O) groups is 2. The number of rotatable bonds is 2. The Morgan fingerprint density at radius 1 is 1.04 bits per heavy atom. The molecule has 0 unspecified atom stereocenters. The fourth-order valence-corrected chi connectivity index (χ4v) is 3.20. The average Bonchev–Trinajstić information content (AvgIpc) is 3.15. The lowest BCUT2D eigenvalue weighted by molar-refractivity contribution is 0.0623. The van der Waals surface area contributed by atoms with Crippen LogP contribution in [0.5, 0.6) is 5.75 Å². The number of hydrogen-bond donors (Lipinski definition) is 1. The maximum absolute atomic E-state index is 12.8. The molecule has 0 atom stereocenters. The zero-order chi connectivity index (χ0) is 19.7. The van der Waals surface area contributed by atoms with Crippen molar-refractivity contribution in [3.05, 3.63) is 53.6 Å². The predicted octanol–water partition coefficient (Wildman–Crippen LogP) is 2.53. The van der Waals surface area contributed by atoms with E-state index in [2.05, 4.69) is 15.0 Å². The molecule has 3 heterocycles. The molecule has 144 valence electrons. The number of aromatic amines is 1. The first-order valence-corrected chi connectivity index (χ1v) is 9.15. The van der Waals surface area contributed by atoms with Gasteiger partial charge in [-0.3, -0.25) is 9.78 Å². The van der Waals surface area contributed by atoms with Crippen LogP contribution >= 0.6 is 0 Å². The lowest BCUT2D eigenvalue weighted by Crippen LogP contribution is -2.51. The van der Waals surface area contributed by atoms with Crippen molar-refractivity contribution in [2.24, 2.45) is 0 Å². The van der Waals surface area contributed by atoms with Gasteiger partial charge < -0.3 is 19.5 Å². The second-order valence-corrected chi connectivity index (χ2v) is 6.84. The Morgan fingerprint density at radius 3 is 2.46 bits per heavy atom. The molecule has 0 radical (unpaired) electrons. The van der Waals surface area contributed by atoms with Gasteiger partial charge in [-0.05, 0) is 37.6 Å². The Balaban J connectivity index is 1.37. The molecule has 1 saturated heterocycles. The van der Waals surface area contributed by atoms with E-state index < -0.39 is 6.09 Å². The lowest BCUT2D eigenvalue weighted by atomic mass is 10.2. The summed E-state index contributed by atoms with van der Waals surface area (Å²) in [5.41, 5.74) is 3.52. The van der Waals surface area contributed by atoms with E-state index in [1.807, 2.05) is 32.0 Å². The number of carbonyl (C=O) groups excluding carboxylic acids is 2. The molecule has 28 heavy (non-hydrogen) atoms. The van der Waals surface area contributed by atoms with E-state index >= 15 is 0 Å². The molecule has 1 aromatic carbocycles. The first-order valence-electron chi connectivity index (χ1n) is 9.15. The van der Waals surface area contributed by atoms with Gasteiger partial charge >= 0.3 is 6.09 Å². The van der Waals surface area contributed by atoms with Crippen molar-refractivity contribution in [3.8, 4) is 5.75 Å². The maximum atomic E-state index is 12.8. The number of fused-ring (bicyclic) bond motifs is 1. The van der Waals surface area contributed by atoms with Gasteiger partial charge in [0.15, 0.2) is 11.6 Å². The fourth-order valence-electron chi connectivity index (χ4n) is 3.20. The number of nitrogens with one attached hydrogen (secondary N) is 1. The summed E-state index contributed by atoms with van der Waals surface area (Å²) in [6.45, 7) is 5.50. The zero-order valence-electron chi connectivity index (χ0n) is 15.8. The number of para-hydroxylation sites is 1. The van der Waals surface area contributed by atoms with Crippen LogP contribution in [0.1, 0.15) is 21.9 Å². The van der Waals surface area contributed by atoms with Gasteiger partial charge in [-0.2, -0.15) is 0 Å². The highest BCUT2D eigenvalue weighted by atomic mass is 16.6. The highest BCUT2D eigenvalue weighted by molar-refractivity contribution is 5.94. The molecule has 1 aliphatic rings. The smallest absolute Gasteiger partial charge is 0.409 e. The van der Waals surface area contributed by atoms with Crippen molar-refractivity contribution in [1.82, 2.24) is 24.8 Å². The molecule has 0 bridgehead atoms. The van der Waals surface area contributed by atoms with Crippen molar-refractivity contribution in [3.63, 3.8) is 0 Å². The summed E-state index contributed by atoms with van der Waals surface area (Å²) < 4.78 is 5.34. The molecule has 8 heteroatoms. The number of benzene rings is 1. The van der Waals surface area contributed by atoms with E-state index in [1.165, 1.54) is 6.20 Å². The number of hydrogen-bond acceptors (Lipinski definition) is 5. The number of amides is 2. The largest absolute Gasteiger partial charge is 0.415 e. The van der Waals surface area contributed by atoms with Gasteiger partial charge in [0.05, 0.1) is 17.2 Å². The minimum atomic E-state index is -0.433. The second-order valence-electron chi connectivity index (χ2n) is 6.84. The van der Waals surface area contributed by atoms with Gasteiger partial charge in [-0.15, -0.1) is 0 Å². The predicted molar refractivity (Wildman–Crippen MR) is 103 cm³/mol. The summed E-state index contributed by atoms with van der Waals surface area (Å²) in [5.74, 6) is 0.573. The second kappa shape index (κ2) is 7.30. The Morgan fingerprint density at radius 2 is 1.79 bits per heavy atom. The third-order valence-corrected chi connectivity index (χ3v) is 4.83. The van der Waals surface area contributed by atoms with Gasteiger partial charge in [-0.1, -0.05) is 12.1 Å². The molecular weight excluding hydrogens is 358 g/mol. The van der Waals surface area contributed by atoms with E-state index in [0.29, 0.717) is 37.8 Å². The standard InChI is InChI=1S/C20H21N5O3/c1-13-4-3-5-16-17(13)23-18(22-16)19(26)24-8-10-25(11-9-24)20(27)28-15-7-6-14(2)21-12-15/h3-7,12H,8-11H2,1-2H3,(H,22,23). The van der Waals surface area contributed by atoms with E-state index in [-0.39, 0.29) is 5.91 Å². The summed E-state index contributed by atoms with van der Waals surface area (Å²) >= 11 is 0. The first kappa shape index (κ1) is 18.0. The van der Waals surface area contributed by atoms with Crippen LogP contribution in [0.2, 0.25) is 0 Å². The molecule has 0 spiro atoms. The van der Waals surface area contributed by atoms with Crippen LogP contribution in [0.25, 0.3) is 11.0 Å². The Labute approximate surface area is 162 Å². The number of pyridine rings is 1. The number of aromatic nitrogens is 3. The van der Waals surface area contributed by atoms with Crippen molar-refractivity contribution in [1.29, 1.82) is 0 Å². The molecule has 1 fully saturated rings. The number of aryl methyl sites for hydroxylation is 2. The fraction of sp³-hybridized carbons (Fsp3) is 0.300. The van der Waals surface area contributed by atoms with Crippen molar-refractivity contribution in [2.45, 2.75) is 13.8 Å². The first-order chi connectivity index (χ1) is 13.5. The third-order valence-electron chi connectivity index (χ3n) is 4.83. The van der Waals surface area contributed by atoms with Crippen LogP contribution in [0.4, 0.5) is 4.79 Å². The Hall–Kier alpha value is -3.42. The van der Waals surface area contributed by atoms with Gasteiger partial charge in [0.2, 0.25) is 0 Å². The summed E-state index contributed by atoms with van der Waals surface area (Å²) in [6, 6.07) is 9.29. The van der Waals surface area contributed by atoms with Crippen molar-refractivity contribution in [2.75, 3.05) is 26.2 Å². The molecule has 3 aromatic rings. The molecule has 1 aliphatic heterocycles. The van der Waals surface area contributed by atoms with Crippen LogP contribution in [0.3, 0.4) is 0 Å². The van der Waals surface area contributed by atoms with Crippen LogP contribution < -0.4 is 4.74 Å². The molecule has 1 N–H and O–H groups in total. The summed E-state index contributed by atoms with van der Waals surface area (Å²) in [6.07, 6.45) is 1.09. The minimum absolute atomic E-state index is 0.161. The van der Waals surface area contributed by atoms with E-state index in [0.717, 1.165) is 22.3 Å². The van der Waals surface area contributed by atoms with Gasteiger partial charge in [-0.25, -0.2) is 9.78 Å². The molecule has 2 amide bonds. The monoisotopic (exact) mass is 379 g/mol. The topological polar surface area (TPSA) is 91.4 Å². The number of nitrogens with zero attached hydrogens (tertiary/aromatic N) is 4. The van der Waals surface area contributed by atoms with Crippen LogP contribution in [0, 0.1) is 13.8 Å². The minimum Gasteiger partial charge on any atom is -0.409 e. The highest BCUT2D eigenvalue weighted by Gasteiger charge is 2.27. The Bertz CT molecular complexity index is 1020. The SMILES string of the molecule is Cc1ccc(OC(=O)N2CCN(C(=O)c3nc4c(C)cccc4[nH]3)CC2)cn1. The van der Waals surface area contributed by atoms with E-state index in [1.54, 1.807) is 21.9 Å². The highest BCUT2D eigenvalue weighted by Crippen LogP contribution is 2.17. The number of H-pyrrole nitrogens is 1. The van der Waals surface area contributed by atoms with E-state index in [9.17, 15) is 9.59 Å². The molecular formula is C20H21N5O3. The van der Waals surface area contributed by atoms with Crippen LogP contribution in [-0.2, 0) is 0 Å². The molecule has 4 rings (SSSR count). The number of ether oxygens (including phenoxy) is 1. The zero-order valence-corrected chi connectivity index (χ0v) is 15.8. The van der Waals surface area contributed by atoms with Gasteiger partial charge in [0.25, 0.3) is 5.91 Å². The summed E-state index contributed by atoms with van der Waals surface area (Å²) in [4.78, 5) is 40.0. The molecule has 0 saturated carbocycles. The van der Waals surface area contributed by atoms with Crippen molar-refractivity contribution >= 4 is 23.0 Å². The van der Waals surface area contributed by atoms with E-state index in [4.69, 9.17) is 4.74 Å². The van der Waals surface area contributed by atoms with Crippen LogP contribution in [0.15, 0.2) is 36.5 Å². The molecule has 0 aliphatic carbocycles. The quantitative estimate of drug-likeness (QED) is 0.739. The number of imidazole rings is 1. The van der Waals surface area contributed by atoms with Crippen LogP contribution in [-0.4, -0.2) is 62.9 Å². The lowest BCUT2D eigenvalue weighted by Gasteiger charge is -2.33.